The highest BCUT2D eigenvalue weighted by Gasteiger charge is 2.30. The minimum absolute atomic E-state index is 0.0488. The van der Waals surface area contributed by atoms with Crippen molar-refractivity contribution >= 4 is 11.7 Å². The Hall–Kier alpha value is -2.54. The number of nitrogens with two attached hydrogens (primary N) is 1. The lowest BCUT2D eigenvalue weighted by molar-refractivity contribution is 0.0779. The molecule has 0 spiro atoms. The molecule has 1 aliphatic rings. The van der Waals surface area contributed by atoms with Crippen molar-refractivity contribution in [3.63, 3.8) is 0 Å². The first-order valence-corrected chi connectivity index (χ1v) is 8.69. The fraction of sp³-hybridized carbons (Fsp3) is 0.421. The van der Waals surface area contributed by atoms with Gasteiger partial charge in [-0.3, -0.25) is 9.69 Å². The van der Waals surface area contributed by atoms with Gasteiger partial charge in [0.05, 0.1) is 6.54 Å². The van der Waals surface area contributed by atoms with Crippen LogP contribution < -0.4 is 5.73 Å². The summed E-state index contributed by atoms with van der Waals surface area (Å²) in [4.78, 5) is 25.2. The molecule has 1 aromatic heterocycles. The molecule has 0 radical (unpaired) electrons. The number of rotatable bonds is 4. The molecule has 1 unspecified atom stereocenters. The molecule has 1 aliphatic heterocycles. The van der Waals surface area contributed by atoms with Crippen molar-refractivity contribution < 1.29 is 9.18 Å². The van der Waals surface area contributed by atoms with Gasteiger partial charge in [0.25, 0.3) is 5.91 Å². The van der Waals surface area contributed by atoms with Crippen molar-refractivity contribution in [2.24, 2.45) is 0 Å². The summed E-state index contributed by atoms with van der Waals surface area (Å²) in [6, 6.07) is 5.14. The molecule has 1 atom stereocenters. The van der Waals surface area contributed by atoms with Crippen LogP contribution in [-0.4, -0.2) is 51.9 Å². The number of halogens is 1. The Morgan fingerprint density at radius 1 is 1.38 bits per heavy atom. The van der Waals surface area contributed by atoms with Crippen molar-refractivity contribution in [2.45, 2.75) is 32.9 Å². The topological polar surface area (TPSA) is 75.4 Å². The number of carbonyl (C=O) groups excluding carboxylic acids is 1. The van der Waals surface area contributed by atoms with Crippen molar-refractivity contribution in [1.82, 2.24) is 19.8 Å². The zero-order valence-corrected chi connectivity index (χ0v) is 15.4. The predicted octanol–water partition coefficient (Wildman–Crippen LogP) is 2.16. The molecule has 1 saturated heterocycles. The first-order chi connectivity index (χ1) is 12.3. The molecule has 2 aromatic rings. The summed E-state index contributed by atoms with van der Waals surface area (Å²) in [5.74, 6) is 0.825. The molecule has 26 heavy (non-hydrogen) atoms. The molecular weight excluding hydrogens is 333 g/mol. The van der Waals surface area contributed by atoms with E-state index < -0.39 is 0 Å². The van der Waals surface area contributed by atoms with Gasteiger partial charge in [0, 0.05) is 30.9 Å². The zero-order valence-electron chi connectivity index (χ0n) is 15.4. The molecule has 0 aliphatic carbocycles. The van der Waals surface area contributed by atoms with E-state index in [-0.39, 0.29) is 17.8 Å². The summed E-state index contributed by atoms with van der Waals surface area (Å²) >= 11 is 0. The molecule has 0 bridgehead atoms. The molecule has 3 rings (SSSR count). The Balaban J connectivity index is 1.65. The van der Waals surface area contributed by atoms with Gasteiger partial charge in [0.1, 0.15) is 17.5 Å². The second-order valence-electron chi connectivity index (χ2n) is 6.93. The number of likely N-dealkylation sites (tertiary alicyclic amines) is 1. The van der Waals surface area contributed by atoms with Crippen LogP contribution in [0.5, 0.6) is 0 Å². The molecule has 1 amide bonds. The van der Waals surface area contributed by atoms with E-state index in [4.69, 9.17) is 5.73 Å². The normalized spacial score (nSPS) is 17.1. The molecule has 0 saturated carbocycles. The highest BCUT2D eigenvalue weighted by molar-refractivity contribution is 5.94. The van der Waals surface area contributed by atoms with Gasteiger partial charge in [-0.05, 0) is 56.6 Å². The van der Waals surface area contributed by atoms with E-state index in [9.17, 15) is 9.18 Å². The number of hydrogen-bond acceptors (Lipinski definition) is 5. The summed E-state index contributed by atoms with van der Waals surface area (Å²) in [6.07, 6.45) is 2.53. The van der Waals surface area contributed by atoms with Gasteiger partial charge in [-0.25, -0.2) is 14.4 Å². The average Bonchev–Trinajstić information content (AvgIpc) is 3.09. The summed E-state index contributed by atoms with van der Waals surface area (Å²) in [6.45, 7) is 5.26. The maximum atomic E-state index is 13.8. The van der Waals surface area contributed by atoms with Crippen LogP contribution in [0.25, 0.3) is 0 Å². The number of anilines is 1. The number of nitrogen functional groups attached to an aromatic ring is 1. The van der Waals surface area contributed by atoms with E-state index >= 15 is 0 Å². The number of aryl methyl sites for hydroxylation is 2. The molecule has 2 heterocycles. The highest BCUT2D eigenvalue weighted by Crippen LogP contribution is 2.21. The van der Waals surface area contributed by atoms with Crippen LogP contribution in [0, 0.1) is 19.7 Å². The van der Waals surface area contributed by atoms with Crippen LogP contribution >= 0.6 is 0 Å². The highest BCUT2D eigenvalue weighted by atomic mass is 19.1. The average molecular weight is 357 g/mol. The van der Waals surface area contributed by atoms with Crippen LogP contribution in [0.2, 0.25) is 0 Å². The predicted molar refractivity (Wildman–Crippen MR) is 98.1 cm³/mol. The molecule has 7 heteroatoms. The third-order valence-corrected chi connectivity index (χ3v) is 4.88. The Kier molecular flexibility index (Phi) is 5.18. The Morgan fingerprint density at radius 2 is 2.08 bits per heavy atom. The van der Waals surface area contributed by atoms with Crippen LogP contribution in [0.4, 0.5) is 10.2 Å². The lowest BCUT2D eigenvalue weighted by atomic mass is 10.1. The van der Waals surface area contributed by atoms with Gasteiger partial charge in [-0.1, -0.05) is 0 Å². The SMILES string of the molecule is Cc1cc(C(=O)N2CCC(N(C)Cc3nccc(N)n3)C2)cc(C)c1F. The molecule has 138 valence electrons. The van der Waals surface area contributed by atoms with Crippen LogP contribution in [0.1, 0.15) is 33.7 Å². The van der Waals surface area contributed by atoms with Gasteiger partial charge in [-0.2, -0.15) is 0 Å². The Bertz CT molecular complexity index is 802. The standard InChI is InChI=1S/C19H24FN5O/c1-12-8-14(9-13(2)18(12)20)19(26)25-7-5-15(10-25)24(3)11-17-22-6-4-16(21)23-17/h4,6,8-9,15H,5,7,10-11H2,1-3H3,(H2,21,22,23). The van der Waals surface area contributed by atoms with Crippen LogP contribution in [0.15, 0.2) is 24.4 Å². The molecule has 1 fully saturated rings. The van der Waals surface area contributed by atoms with Crippen molar-refractivity contribution in [3.05, 3.63) is 52.7 Å². The number of carbonyl (C=O) groups is 1. The third-order valence-electron chi connectivity index (χ3n) is 4.88. The summed E-state index contributed by atoms with van der Waals surface area (Å²) in [5.41, 5.74) is 7.25. The maximum Gasteiger partial charge on any atom is 0.253 e. The first-order valence-electron chi connectivity index (χ1n) is 8.69. The van der Waals surface area contributed by atoms with Crippen molar-refractivity contribution in [3.8, 4) is 0 Å². The number of amides is 1. The van der Waals surface area contributed by atoms with Crippen LogP contribution in [-0.2, 0) is 6.54 Å². The van der Waals surface area contributed by atoms with Crippen molar-refractivity contribution in [1.29, 1.82) is 0 Å². The number of nitrogens with zero attached hydrogens (tertiary/aromatic N) is 4. The third kappa shape index (κ3) is 3.83. The van der Waals surface area contributed by atoms with Crippen molar-refractivity contribution in [2.75, 3.05) is 25.9 Å². The monoisotopic (exact) mass is 357 g/mol. The lowest BCUT2D eigenvalue weighted by Crippen LogP contribution is -2.36. The van der Waals surface area contributed by atoms with E-state index in [1.165, 1.54) is 0 Å². The van der Waals surface area contributed by atoms with E-state index in [1.54, 1.807) is 38.2 Å². The number of hydrogen-bond donors (Lipinski definition) is 1. The maximum absolute atomic E-state index is 13.8. The van der Waals surface area contributed by atoms with Gasteiger partial charge in [0.2, 0.25) is 0 Å². The Morgan fingerprint density at radius 3 is 2.73 bits per heavy atom. The fourth-order valence-electron chi connectivity index (χ4n) is 3.38. The molecule has 6 nitrogen and oxygen atoms in total. The van der Waals surface area contributed by atoms with Gasteiger partial charge in [-0.15, -0.1) is 0 Å². The van der Waals surface area contributed by atoms with Crippen LogP contribution in [0.3, 0.4) is 0 Å². The minimum Gasteiger partial charge on any atom is -0.384 e. The van der Waals surface area contributed by atoms with Gasteiger partial charge in [0.15, 0.2) is 0 Å². The minimum atomic E-state index is -0.247. The summed E-state index contributed by atoms with van der Waals surface area (Å²) in [5, 5.41) is 0. The van der Waals surface area contributed by atoms with E-state index in [2.05, 4.69) is 14.9 Å². The number of benzene rings is 1. The smallest absolute Gasteiger partial charge is 0.253 e. The quantitative estimate of drug-likeness (QED) is 0.908. The zero-order chi connectivity index (χ0) is 18.8. The lowest BCUT2D eigenvalue weighted by Gasteiger charge is -2.24. The van der Waals surface area contributed by atoms with Gasteiger partial charge >= 0.3 is 0 Å². The second kappa shape index (κ2) is 7.37. The summed E-state index contributed by atoms with van der Waals surface area (Å²) in [7, 11) is 2.00. The first kappa shape index (κ1) is 18.3. The van der Waals surface area contributed by atoms with E-state index in [0.717, 1.165) is 6.42 Å². The number of aromatic nitrogens is 2. The second-order valence-corrected chi connectivity index (χ2v) is 6.93. The van der Waals surface area contributed by atoms with Gasteiger partial charge < -0.3 is 10.6 Å². The Labute approximate surface area is 152 Å². The molecule has 2 N–H and O–H groups in total. The molecule has 1 aromatic carbocycles. The largest absolute Gasteiger partial charge is 0.384 e. The summed E-state index contributed by atoms with van der Waals surface area (Å²) < 4.78 is 13.8. The fourth-order valence-corrected chi connectivity index (χ4v) is 3.38. The van der Waals surface area contributed by atoms with E-state index in [1.807, 2.05) is 11.9 Å². The molecular formula is C19H24FN5O. The number of likely N-dealkylation sites (N-methyl/N-ethyl adjacent to an activating group) is 1. The van der Waals surface area contributed by atoms with E-state index in [0.29, 0.717) is 48.0 Å².